The highest BCUT2D eigenvalue weighted by Gasteiger charge is 2.47. The molecule has 2 aliphatic heterocycles. The van der Waals surface area contributed by atoms with E-state index in [1.807, 2.05) is 0 Å². The maximum absolute atomic E-state index is 12.8. The van der Waals surface area contributed by atoms with Gasteiger partial charge in [0.1, 0.15) is 24.4 Å². The second kappa shape index (κ2) is 11.9. The summed E-state index contributed by atoms with van der Waals surface area (Å²) in [6.07, 6.45) is -6.94. The van der Waals surface area contributed by atoms with Crippen molar-refractivity contribution in [3.05, 3.63) is 4.91 Å². The first-order chi connectivity index (χ1) is 13.9. The van der Waals surface area contributed by atoms with E-state index in [-0.39, 0.29) is 19.0 Å². The van der Waals surface area contributed by atoms with Gasteiger partial charge >= 0.3 is 6.03 Å². The third-order valence-electron chi connectivity index (χ3n) is 5.01. The number of carbonyl (C=O) groups is 1. The number of hydrogen-bond donors (Lipinski definition) is 4. The maximum atomic E-state index is 12.8. The normalized spacial score (nSPS) is 30.7. The molecule has 168 valence electrons. The molecule has 0 aliphatic carbocycles. The molecule has 2 heterocycles. The standard InChI is InChI=1S/C16H29ClN4O8/c17-2-5-21(18-27)16(26)20(4-1-3-19-6-8-28-9-7-19)15-14(25)13(24)12(23)11(10-22)29-15/h11-15,22-25H,1-10H2/t11-,12+,13+,14-,15-/m1/s1. The fourth-order valence-electron chi connectivity index (χ4n) is 3.36. The number of carbonyl (C=O) groups excluding carboxylic acids is 1. The van der Waals surface area contributed by atoms with Gasteiger partial charge in [-0.15, -0.1) is 16.5 Å². The van der Waals surface area contributed by atoms with Crippen molar-refractivity contribution < 1.29 is 34.7 Å². The van der Waals surface area contributed by atoms with Gasteiger partial charge in [-0.3, -0.25) is 9.80 Å². The monoisotopic (exact) mass is 440 g/mol. The van der Waals surface area contributed by atoms with Crippen LogP contribution in [0.1, 0.15) is 6.42 Å². The van der Waals surface area contributed by atoms with Crippen molar-refractivity contribution >= 4 is 17.6 Å². The molecule has 2 amide bonds. The first-order valence-electron chi connectivity index (χ1n) is 9.52. The summed E-state index contributed by atoms with van der Waals surface area (Å²) >= 11 is 5.62. The van der Waals surface area contributed by atoms with E-state index in [9.17, 15) is 30.1 Å². The Bertz CT molecular complexity index is 525. The molecule has 0 spiro atoms. The highest BCUT2D eigenvalue weighted by molar-refractivity contribution is 6.18. The number of halogens is 1. The first-order valence-corrected chi connectivity index (χ1v) is 10.1. The van der Waals surface area contributed by atoms with E-state index in [1.165, 1.54) is 0 Å². The number of amides is 2. The molecule has 0 bridgehead atoms. The third-order valence-corrected chi connectivity index (χ3v) is 5.18. The highest BCUT2D eigenvalue weighted by atomic mass is 35.5. The van der Waals surface area contributed by atoms with Crippen molar-refractivity contribution in [2.24, 2.45) is 5.29 Å². The molecule has 0 aromatic rings. The number of morpholine rings is 1. The average molecular weight is 441 g/mol. The highest BCUT2D eigenvalue weighted by Crippen LogP contribution is 2.25. The van der Waals surface area contributed by atoms with Crippen molar-refractivity contribution in [2.45, 2.75) is 37.1 Å². The van der Waals surface area contributed by atoms with Crippen molar-refractivity contribution in [1.29, 1.82) is 0 Å². The fraction of sp³-hybridized carbons (Fsp3) is 0.938. The van der Waals surface area contributed by atoms with Gasteiger partial charge in [-0.05, 0) is 6.42 Å². The summed E-state index contributed by atoms with van der Waals surface area (Å²) in [5.74, 6) is -0.0339. The van der Waals surface area contributed by atoms with E-state index in [1.54, 1.807) is 0 Å². The number of ether oxygens (including phenoxy) is 2. The van der Waals surface area contributed by atoms with Crippen molar-refractivity contribution in [3.8, 4) is 0 Å². The number of nitroso groups, excluding NO2 is 1. The lowest BCUT2D eigenvalue weighted by atomic mass is 9.97. The Hall–Kier alpha value is -1.12. The molecule has 0 radical (unpaired) electrons. The van der Waals surface area contributed by atoms with Crippen LogP contribution in [0.5, 0.6) is 0 Å². The van der Waals surface area contributed by atoms with E-state index in [0.717, 1.165) is 18.0 Å². The molecule has 29 heavy (non-hydrogen) atoms. The molecular formula is C16H29ClN4O8. The minimum absolute atomic E-state index is 0.0339. The Kier molecular flexibility index (Phi) is 9.92. The summed E-state index contributed by atoms with van der Waals surface area (Å²) in [7, 11) is 0. The Morgan fingerprint density at radius 2 is 1.83 bits per heavy atom. The molecule has 5 atom stereocenters. The van der Waals surface area contributed by atoms with Gasteiger partial charge < -0.3 is 29.9 Å². The van der Waals surface area contributed by atoms with Crippen molar-refractivity contribution in [1.82, 2.24) is 14.8 Å². The lowest BCUT2D eigenvalue weighted by Gasteiger charge is -2.45. The van der Waals surface area contributed by atoms with Crippen LogP contribution in [0, 0.1) is 4.91 Å². The Balaban J connectivity index is 2.13. The summed E-state index contributed by atoms with van der Waals surface area (Å²) in [5.41, 5.74) is 0. The van der Waals surface area contributed by atoms with E-state index >= 15 is 0 Å². The second-order valence-corrected chi connectivity index (χ2v) is 7.27. The molecule has 2 aliphatic rings. The molecule has 4 N–H and O–H groups in total. The molecule has 0 unspecified atom stereocenters. The lowest BCUT2D eigenvalue weighted by molar-refractivity contribution is -0.258. The molecule has 2 fully saturated rings. The first kappa shape index (κ1) is 24.2. The van der Waals surface area contributed by atoms with E-state index < -0.39 is 43.3 Å². The van der Waals surface area contributed by atoms with Crippen molar-refractivity contribution in [3.63, 3.8) is 0 Å². The zero-order valence-corrected chi connectivity index (χ0v) is 16.8. The Morgan fingerprint density at radius 3 is 2.41 bits per heavy atom. The molecule has 0 aromatic carbocycles. The minimum Gasteiger partial charge on any atom is -0.394 e. The van der Waals surface area contributed by atoms with Crippen LogP contribution in [0.2, 0.25) is 0 Å². The largest absolute Gasteiger partial charge is 0.394 e. The van der Waals surface area contributed by atoms with Crippen molar-refractivity contribution in [2.75, 3.05) is 58.4 Å². The van der Waals surface area contributed by atoms with Crippen LogP contribution in [0.4, 0.5) is 4.79 Å². The number of aliphatic hydroxyl groups is 4. The topological polar surface area (TPSA) is 156 Å². The van der Waals surface area contributed by atoms with Gasteiger partial charge in [0.2, 0.25) is 0 Å². The summed E-state index contributed by atoms with van der Waals surface area (Å²) in [6, 6.07) is -0.855. The Labute approximate surface area is 173 Å². The predicted molar refractivity (Wildman–Crippen MR) is 101 cm³/mol. The minimum atomic E-state index is -1.65. The van der Waals surface area contributed by atoms with Crippen LogP contribution in [-0.4, -0.2) is 130 Å². The number of alkyl halides is 1. The average Bonchev–Trinajstić information content (AvgIpc) is 2.74. The zero-order chi connectivity index (χ0) is 21.4. The van der Waals surface area contributed by atoms with Crippen LogP contribution in [-0.2, 0) is 9.47 Å². The number of urea groups is 1. The SMILES string of the molecule is O=NN(CCCl)C(=O)N(CCCN1CCOCC1)[C@@H]1O[C@H](CO)[C@H](O)[C@H](O)[C@H]1O. The number of nitrogens with zero attached hydrogens (tertiary/aromatic N) is 4. The molecule has 0 saturated carbocycles. The summed E-state index contributed by atoms with van der Waals surface area (Å²) in [5, 5.41) is 43.1. The zero-order valence-electron chi connectivity index (χ0n) is 16.0. The predicted octanol–water partition coefficient (Wildman–Crippen LogP) is -1.85. The van der Waals surface area contributed by atoms with Gasteiger partial charge in [0.25, 0.3) is 0 Å². The molecule has 2 saturated heterocycles. The quantitative estimate of drug-likeness (QED) is 0.184. The molecule has 13 heteroatoms. The van der Waals surface area contributed by atoms with Gasteiger partial charge in [-0.1, -0.05) is 0 Å². The second-order valence-electron chi connectivity index (χ2n) is 6.90. The van der Waals surface area contributed by atoms with Gasteiger partial charge in [0, 0.05) is 32.1 Å². The lowest BCUT2D eigenvalue weighted by Crippen LogP contribution is -2.65. The molecule has 0 aromatic heterocycles. The van der Waals surface area contributed by atoms with Crippen LogP contribution in [0.3, 0.4) is 0 Å². The summed E-state index contributed by atoms with van der Waals surface area (Å²) in [6.45, 7) is 2.67. The third kappa shape index (κ3) is 6.18. The summed E-state index contributed by atoms with van der Waals surface area (Å²) in [4.78, 5) is 27.1. The number of aliphatic hydroxyl groups excluding tert-OH is 4. The van der Waals surface area contributed by atoms with Crippen LogP contribution >= 0.6 is 11.6 Å². The maximum Gasteiger partial charge on any atom is 0.345 e. The van der Waals surface area contributed by atoms with Crippen LogP contribution in [0.15, 0.2) is 5.29 Å². The van der Waals surface area contributed by atoms with Gasteiger partial charge in [-0.2, -0.15) is 5.01 Å². The number of rotatable bonds is 9. The smallest absolute Gasteiger partial charge is 0.345 e. The van der Waals surface area contributed by atoms with E-state index in [0.29, 0.717) is 31.2 Å². The van der Waals surface area contributed by atoms with Crippen LogP contribution < -0.4 is 0 Å². The van der Waals surface area contributed by atoms with Gasteiger partial charge in [0.05, 0.1) is 31.7 Å². The molecular weight excluding hydrogens is 412 g/mol. The van der Waals surface area contributed by atoms with E-state index in [2.05, 4.69) is 10.2 Å². The number of hydrogen-bond acceptors (Lipinski definition) is 10. The summed E-state index contributed by atoms with van der Waals surface area (Å²) < 4.78 is 10.8. The van der Waals surface area contributed by atoms with Gasteiger partial charge in [-0.25, -0.2) is 4.79 Å². The molecule has 12 nitrogen and oxygen atoms in total. The fourth-order valence-corrected chi connectivity index (χ4v) is 3.52. The van der Waals surface area contributed by atoms with Crippen LogP contribution in [0.25, 0.3) is 0 Å². The molecule has 2 rings (SSSR count). The Morgan fingerprint density at radius 1 is 1.14 bits per heavy atom. The van der Waals surface area contributed by atoms with Gasteiger partial charge in [0.15, 0.2) is 6.23 Å². The van der Waals surface area contributed by atoms with E-state index in [4.69, 9.17) is 21.1 Å².